The standard InChI is InChI=1S/C11H10BrN3O2S/c12-10-5-8(14)6-11(15-10)18(16,17)9-3-1-7(13)2-4-9/h1-6H,13H2,(H2,14,15). The highest BCUT2D eigenvalue weighted by Gasteiger charge is 2.20. The van der Waals surface area contributed by atoms with Gasteiger partial charge < -0.3 is 11.5 Å². The summed E-state index contributed by atoms with van der Waals surface area (Å²) in [5, 5.41) is -0.0980. The molecule has 0 atom stereocenters. The number of aromatic nitrogens is 1. The van der Waals surface area contributed by atoms with Crippen LogP contribution < -0.4 is 11.5 Å². The number of hydrogen-bond donors (Lipinski definition) is 2. The average molecular weight is 328 g/mol. The second-order valence-corrected chi connectivity index (χ2v) is 6.34. The zero-order valence-corrected chi connectivity index (χ0v) is 11.6. The van der Waals surface area contributed by atoms with E-state index in [-0.39, 0.29) is 9.92 Å². The Morgan fingerprint density at radius 1 is 1.00 bits per heavy atom. The number of nitrogens with two attached hydrogens (primary N) is 2. The molecule has 5 nitrogen and oxygen atoms in total. The number of halogens is 1. The van der Waals surface area contributed by atoms with Gasteiger partial charge in [0.2, 0.25) is 9.84 Å². The fourth-order valence-electron chi connectivity index (χ4n) is 1.40. The van der Waals surface area contributed by atoms with Crippen molar-refractivity contribution in [3.63, 3.8) is 0 Å². The Balaban J connectivity index is 2.57. The summed E-state index contributed by atoms with van der Waals surface area (Å²) in [6.07, 6.45) is 0. The molecule has 1 heterocycles. The van der Waals surface area contributed by atoms with Gasteiger partial charge >= 0.3 is 0 Å². The van der Waals surface area contributed by atoms with Gasteiger partial charge in [-0.25, -0.2) is 13.4 Å². The van der Waals surface area contributed by atoms with Crippen LogP contribution in [-0.4, -0.2) is 13.4 Å². The Labute approximate surface area is 113 Å². The summed E-state index contributed by atoms with van der Waals surface area (Å²) < 4.78 is 24.9. The second-order valence-electron chi connectivity index (χ2n) is 3.63. The monoisotopic (exact) mass is 327 g/mol. The zero-order chi connectivity index (χ0) is 13.3. The number of rotatable bonds is 2. The van der Waals surface area contributed by atoms with E-state index in [0.717, 1.165) is 0 Å². The lowest BCUT2D eigenvalue weighted by Crippen LogP contribution is -2.06. The van der Waals surface area contributed by atoms with Crippen LogP contribution >= 0.6 is 15.9 Å². The minimum Gasteiger partial charge on any atom is -0.399 e. The highest BCUT2D eigenvalue weighted by Crippen LogP contribution is 2.23. The molecule has 1 aromatic carbocycles. The Bertz CT molecular complexity index is 664. The normalized spacial score (nSPS) is 11.4. The number of sulfone groups is 1. The van der Waals surface area contributed by atoms with Crippen molar-refractivity contribution in [2.24, 2.45) is 0 Å². The lowest BCUT2D eigenvalue weighted by Gasteiger charge is -2.05. The summed E-state index contributed by atoms with van der Waals surface area (Å²) in [5.41, 5.74) is 11.9. The molecule has 0 saturated carbocycles. The van der Waals surface area contributed by atoms with Gasteiger partial charge in [0.05, 0.1) is 4.90 Å². The van der Waals surface area contributed by atoms with Crippen LogP contribution in [0.5, 0.6) is 0 Å². The summed E-state index contributed by atoms with van der Waals surface area (Å²) in [6.45, 7) is 0. The van der Waals surface area contributed by atoms with Crippen molar-refractivity contribution in [3.05, 3.63) is 41.0 Å². The lowest BCUT2D eigenvalue weighted by atomic mass is 10.3. The smallest absolute Gasteiger partial charge is 0.223 e. The van der Waals surface area contributed by atoms with E-state index in [1.165, 1.54) is 36.4 Å². The number of benzene rings is 1. The molecule has 0 aliphatic heterocycles. The number of nitrogens with zero attached hydrogens (tertiary/aromatic N) is 1. The summed E-state index contributed by atoms with van der Waals surface area (Å²) in [5.74, 6) is 0. The summed E-state index contributed by atoms with van der Waals surface area (Å²) >= 11 is 3.11. The van der Waals surface area contributed by atoms with Gasteiger partial charge in [-0.15, -0.1) is 0 Å². The molecule has 2 rings (SSSR count). The summed E-state index contributed by atoms with van der Waals surface area (Å²) in [7, 11) is -3.68. The van der Waals surface area contributed by atoms with Crippen molar-refractivity contribution in [3.8, 4) is 0 Å². The maximum Gasteiger partial charge on any atom is 0.223 e. The maximum atomic E-state index is 12.3. The quantitative estimate of drug-likeness (QED) is 0.647. The average Bonchev–Trinajstić information content (AvgIpc) is 2.28. The first-order chi connectivity index (χ1) is 8.39. The molecular formula is C11H10BrN3O2S. The van der Waals surface area contributed by atoms with Crippen molar-refractivity contribution in [1.82, 2.24) is 4.98 Å². The molecule has 2 aromatic rings. The number of anilines is 2. The molecule has 94 valence electrons. The van der Waals surface area contributed by atoms with E-state index < -0.39 is 9.84 Å². The molecule has 0 saturated heterocycles. The number of pyridine rings is 1. The van der Waals surface area contributed by atoms with Crippen molar-refractivity contribution >= 4 is 37.1 Å². The van der Waals surface area contributed by atoms with E-state index in [1.54, 1.807) is 0 Å². The van der Waals surface area contributed by atoms with Gasteiger partial charge in [-0.2, -0.15) is 0 Å². The van der Waals surface area contributed by atoms with Crippen LogP contribution in [0.1, 0.15) is 0 Å². The third-order valence-corrected chi connectivity index (χ3v) is 4.32. The Hall–Kier alpha value is -1.60. The highest BCUT2D eigenvalue weighted by molar-refractivity contribution is 9.10. The van der Waals surface area contributed by atoms with Gasteiger partial charge in [0.25, 0.3) is 0 Å². The van der Waals surface area contributed by atoms with Gasteiger partial charge in [0, 0.05) is 11.4 Å². The van der Waals surface area contributed by atoms with Crippen LogP contribution in [0.3, 0.4) is 0 Å². The highest BCUT2D eigenvalue weighted by atomic mass is 79.9. The SMILES string of the molecule is Nc1ccc(S(=O)(=O)c2cc(N)cc(Br)n2)cc1. The molecule has 1 aromatic heterocycles. The summed E-state index contributed by atoms with van der Waals surface area (Å²) in [6, 6.07) is 8.76. The number of nitrogen functional groups attached to an aromatic ring is 2. The Kier molecular flexibility index (Phi) is 3.27. The van der Waals surface area contributed by atoms with Crippen LogP contribution in [0.15, 0.2) is 50.9 Å². The molecule has 0 fully saturated rings. The number of hydrogen-bond acceptors (Lipinski definition) is 5. The van der Waals surface area contributed by atoms with Gasteiger partial charge in [-0.05, 0) is 52.3 Å². The molecule has 4 N–H and O–H groups in total. The fourth-order valence-corrected chi connectivity index (χ4v) is 3.22. The van der Waals surface area contributed by atoms with Gasteiger partial charge in [-0.3, -0.25) is 0 Å². The molecule has 0 amide bonds. The predicted octanol–water partition coefficient (Wildman–Crippen LogP) is 1.84. The first kappa shape index (κ1) is 12.8. The van der Waals surface area contributed by atoms with Crippen molar-refractivity contribution < 1.29 is 8.42 Å². The van der Waals surface area contributed by atoms with E-state index in [9.17, 15) is 8.42 Å². The fraction of sp³-hybridized carbons (Fsp3) is 0. The topological polar surface area (TPSA) is 99.1 Å². The van der Waals surface area contributed by atoms with Gasteiger partial charge in [0.15, 0.2) is 5.03 Å². The van der Waals surface area contributed by atoms with Gasteiger partial charge in [0.1, 0.15) is 4.60 Å². The molecule has 0 unspecified atom stereocenters. The van der Waals surface area contributed by atoms with Gasteiger partial charge in [-0.1, -0.05) is 0 Å². The van der Waals surface area contributed by atoms with E-state index in [0.29, 0.717) is 16.0 Å². The predicted molar refractivity (Wildman–Crippen MR) is 72.7 cm³/mol. The van der Waals surface area contributed by atoms with Crippen LogP contribution in [0, 0.1) is 0 Å². The molecule has 18 heavy (non-hydrogen) atoms. The molecule has 0 bridgehead atoms. The molecule has 0 spiro atoms. The van der Waals surface area contributed by atoms with E-state index >= 15 is 0 Å². The largest absolute Gasteiger partial charge is 0.399 e. The third-order valence-electron chi connectivity index (χ3n) is 2.26. The minimum atomic E-state index is -3.68. The van der Waals surface area contributed by atoms with Crippen molar-refractivity contribution in [2.45, 2.75) is 9.92 Å². The molecule has 0 aliphatic rings. The summed E-state index contributed by atoms with van der Waals surface area (Å²) in [4.78, 5) is 4.05. The Morgan fingerprint density at radius 3 is 2.17 bits per heavy atom. The third kappa shape index (κ3) is 2.46. The van der Waals surface area contributed by atoms with Crippen LogP contribution in [0.2, 0.25) is 0 Å². The molecule has 0 radical (unpaired) electrons. The van der Waals surface area contributed by atoms with Crippen molar-refractivity contribution in [1.29, 1.82) is 0 Å². The van der Waals surface area contributed by atoms with Crippen LogP contribution in [-0.2, 0) is 9.84 Å². The Morgan fingerprint density at radius 2 is 1.61 bits per heavy atom. The van der Waals surface area contributed by atoms with E-state index in [2.05, 4.69) is 20.9 Å². The zero-order valence-electron chi connectivity index (χ0n) is 9.17. The molecule has 0 aliphatic carbocycles. The lowest BCUT2D eigenvalue weighted by molar-refractivity contribution is 0.592. The first-order valence-corrected chi connectivity index (χ1v) is 7.21. The van der Waals surface area contributed by atoms with Crippen LogP contribution in [0.25, 0.3) is 0 Å². The minimum absolute atomic E-state index is 0.0980. The molecule has 7 heteroatoms. The second kappa shape index (κ2) is 4.58. The molecular weight excluding hydrogens is 318 g/mol. The van der Waals surface area contributed by atoms with E-state index in [1.807, 2.05) is 0 Å². The van der Waals surface area contributed by atoms with Crippen molar-refractivity contribution in [2.75, 3.05) is 11.5 Å². The van der Waals surface area contributed by atoms with Crippen LogP contribution in [0.4, 0.5) is 11.4 Å². The van der Waals surface area contributed by atoms with E-state index in [4.69, 9.17) is 11.5 Å². The first-order valence-electron chi connectivity index (χ1n) is 4.93. The maximum absolute atomic E-state index is 12.3.